The molecule has 3 rings (SSSR count). The Morgan fingerprint density at radius 2 is 2.08 bits per heavy atom. The normalized spacial score (nSPS) is 17.0. The number of hydrogen-bond acceptors (Lipinski definition) is 5. The van der Waals surface area contributed by atoms with E-state index in [2.05, 4.69) is 16.0 Å². The second kappa shape index (κ2) is 8.49. The molecule has 7 heteroatoms. The summed E-state index contributed by atoms with van der Waals surface area (Å²) in [6, 6.07) is 8.31. The third-order valence-corrected chi connectivity index (χ3v) is 4.86. The van der Waals surface area contributed by atoms with Crippen molar-refractivity contribution in [3.05, 3.63) is 58.9 Å². The van der Waals surface area contributed by atoms with Crippen LogP contribution in [0.25, 0.3) is 0 Å². The van der Waals surface area contributed by atoms with Gasteiger partial charge >= 0.3 is 5.97 Å². The van der Waals surface area contributed by atoms with Crippen LogP contribution in [0.3, 0.4) is 0 Å². The predicted molar refractivity (Wildman–Crippen MR) is 99.5 cm³/mol. The molecule has 138 valence electrons. The molecule has 0 aliphatic carbocycles. The van der Waals surface area contributed by atoms with Gasteiger partial charge in [0.1, 0.15) is 11.8 Å². The number of piperazine rings is 1. The van der Waals surface area contributed by atoms with Gasteiger partial charge in [-0.25, -0.2) is 0 Å². The minimum absolute atomic E-state index is 0.502. The minimum atomic E-state index is -0.897. The van der Waals surface area contributed by atoms with Crippen molar-refractivity contribution in [2.24, 2.45) is 0 Å². The van der Waals surface area contributed by atoms with Crippen molar-refractivity contribution in [1.82, 2.24) is 14.8 Å². The smallest absolute Gasteiger partial charge is 0.325 e. The number of aromatic nitrogens is 1. The topological polar surface area (TPSA) is 65.9 Å². The summed E-state index contributed by atoms with van der Waals surface area (Å²) in [5, 5.41) is 10.3. The van der Waals surface area contributed by atoms with Crippen molar-refractivity contribution in [1.29, 1.82) is 0 Å². The van der Waals surface area contributed by atoms with E-state index in [9.17, 15) is 9.90 Å². The summed E-state index contributed by atoms with van der Waals surface area (Å²) >= 11 is 6.09. The Labute approximate surface area is 158 Å². The van der Waals surface area contributed by atoms with Crippen LogP contribution >= 0.6 is 11.6 Å². The third-order valence-electron chi connectivity index (χ3n) is 4.62. The summed E-state index contributed by atoms with van der Waals surface area (Å²) in [4.78, 5) is 20.4. The van der Waals surface area contributed by atoms with Gasteiger partial charge in [-0.2, -0.15) is 0 Å². The summed E-state index contributed by atoms with van der Waals surface area (Å²) in [6.45, 7) is 3.73. The fraction of sp³-hybridized carbons (Fsp3) is 0.368. The predicted octanol–water partition coefficient (Wildman–Crippen LogP) is 2.69. The maximum atomic E-state index is 12.0. The lowest BCUT2D eigenvalue weighted by Gasteiger charge is -2.38. The summed E-state index contributed by atoms with van der Waals surface area (Å²) in [7, 11) is 1.54. The Morgan fingerprint density at radius 1 is 1.31 bits per heavy atom. The molecule has 0 bridgehead atoms. The lowest BCUT2D eigenvalue weighted by atomic mass is 10.0. The highest BCUT2D eigenvalue weighted by atomic mass is 35.5. The zero-order chi connectivity index (χ0) is 18.5. The number of halogens is 1. The summed E-state index contributed by atoms with van der Waals surface area (Å²) < 4.78 is 5.36. The molecule has 1 aromatic heterocycles. The van der Waals surface area contributed by atoms with E-state index in [0.717, 1.165) is 25.2 Å². The maximum absolute atomic E-state index is 12.0. The molecule has 6 nitrogen and oxygen atoms in total. The molecule has 0 amide bonds. The zero-order valence-electron chi connectivity index (χ0n) is 14.6. The highest BCUT2D eigenvalue weighted by Gasteiger charge is 2.32. The molecule has 1 atom stereocenters. The van der Waals surface area contributed by atoms with Crippen molar-refractivity contribution in [3.8, 4) is 5.75 Å². The largest absolute Gasteiger partial charge is 0.496 e. The molecule has 0 spiro atoms. The fourth-order valence-electron chi connectivity index (χ4n) is 3.33. The number of benzene rings is 1. The Morgan fingerprint density at radius 3 is 2.69 bits per heavy atom. The molecule has 1 saturated heterocycles. The summed E-state index contributed by atoms with van der Waals surface area (Å²) in [5.74, 6) is -0.356. The second-order valence-corrected chi connectivity index (χ2v) is 6.74. The molecule has 1 unspecified atom stereocenters. The van der Waals surface area contributed by atoms with Crippen LogP contribution in [0, 0.1) is 0 Å². The minimum Gasteiger partial charge on any atom is -0.496 e. The molecule has 1 fully saturated rings. The zero-order valence-corrected chi connectivity index (χ0v) is 15.4. The van der Waals surface area contributed by atoms with E-state index in [4.69, 9.17) is 16.3 Å². The van der Waals surface area contributed by atoms with Crippen LogP contribution in [-0.4, -0.2) is 59.1 Å². The number of carboxylic acids is 1. The molecule has 1 aromatic carbocycles. The van der Waals surface area contributed by atoms with Crippen molar-refractivity contribution < 1.29 is 14.6 Å². The summed E-state index contributed by atoms with van der Waals surface area (Å²) in [5.41, 5.74) is 1.75. The number of rotatable bonds is 6. The number of carbonyl (C=O) groups is 1. The number of hydrogen-bond donors (Lipinski definition) is 1. The lowest BCUT2D eigenvalue weighted by molar-refractivity contribution is -0.144. The third kappa shape index (κ3) is 4.33. The number of methoxy groups -OCH3 is 1. The van der Waals surface area contributed by atoms with E-state index in [1.165, 1.54) is 7.11 Å². The number of pyridine rings is 1. The van der Waals surface area contributed by atoms with Gasteiger partial charge in [0.25, 0.3) is 0 Å². The van der Waals surface area contributed by atoms with Crippen LogP contribution in [-0.2, 0) is 11.3 Å². The van der Waals surface area contributed by atoms with Crippen LogP contribution in [0.1, 0.15) is 17.2 Å². The van der Waals surface area contributed by atoms with Gasteiger partial charge < -0.3 is 9.84 Å². The Hall–Kier alpha value is -2.15. The van der Waals surface area contributed by atoms with Crippen LogP contribution in [0.5, 0.6) is 5.75 Å². The quantitative estimate of drug-likeness (QED) is 0.837. The average molecular weight is 376 g/mol. The number of aliphatic carboxylic acids is 1. The number of nitrogens with zero attached hydrogens (tertiary/aromatic N) is 3. The van der Waals surface area contributed by atoms with Crippen molar-refractivity contribution in [2.75, 3.05) is 33.3 Å². The Balaban J connectivity index is 1.71. The average Bonchev–Trinajstić information content (AvgIpc) is 2.64. The molecule has 2 heterocycles. The van der Waals surface area contributed by atoms with Gasteiger partial charge in [-0.1, -0.05) is 17.7 Å². The monoisotopic (exact) mass is 375 g/mol. The van der Waals surface area contributed by atoms with E-state index in [1.54, 1.807) is 24.4 Å². The van der Waals surface area contributed by atoms with Crippen LogP contribution < -0.4 is 4.74 Å². The van der Waals surface area contributed by atoms with Crippen LogP contribution in [0.15, 0.2) is 42.7 Å². The molecular formula is C19H22ClN3O3. The van der Waals surface area contributed by atoms with Gasteiger partial charge in [0.15, 0.2) is 0 Å². The maximum Gasteiger partial charge on any atom is 0.325 e. The van der Waals surface area contributed by atoms with Gasteiger partial charge in [0.2, 0.25) is 0 Å². The first-order valence-electron chi connectivity index (χ1n) is 8.50. The highest BCUT2D eigenvalue weighted by Crippen LogP contribution is 2.32. The first-order valence-corrected chi connectivity index (χ1v) is 8.88. The molecule has 0 radical (unpaired) electrons. The standard InChI is InChI=1S/C19H22ClN3O3/c1-26-17-5-4-15(20)11-16(17)18(19(24)25)23-9-7-22(8-10-23)13-14-3-2-6-21-12-14/h2-6,11-12,18H,7-10,13H2,1H3,(H,24,25). The molecule has 2 aromatic rings. The van der Waals surface area contributed by atoms with Gasteiger partial charge in [-0.15, -0.1) is 0 Å². The number of carboxylic acid groups (broad SMARTS) is 1. The van der Waals surface area contributed by atoms with E-state index in [1.807, 2.05) is 17.2 Å². The molecule has 1 N–H and O–H groups in total. The van der Waals surface area contributed by atoms with Gasteiger partial charge in [0, 0.05) is 55.7 Å². The first kappa shape index (κ1) is 18.6. The highest BCUT2D eigenvalue weighted by molar-refractivity contribution is 6.30. The van der Waals surface area contributed by atoms with Crippen molar-refractivity contribution in [3.63, 3.8) is 0 Å². The molecule has 1 aliphatic heterocycles. The van der Waals surface area contributed by atoms with Gasteiger partial charge in [-0.3, -0.25) is 19.6 Å². The lowest BCUT2D eigenvalue weighted by Crippen LogP contribution is -2.48. The van der Waals surface area contributed by atoms with Crippen molar-refractivity contribution >= 4 is 17.6 Å². The van der Waals surface area contributed by atoms with E-state index >= 15 is 0 Å². The van der Waals surface area contributed by atoms with E-state index in [0.29, 0.717) is 29.4 Å². The first-order chi connectivity index (χ1) is 12.6. The Kier molecular flexibility index (Phi) is 6.08. The number of ether oxygens (including phenoxy) is 1. The molecular weight excluding hydrogens is 354 g/mol. The summed E-state index contributed by atoms with van der Waals surface area (Å²) in [6.07, 6.45) is 3.63. The van der Waals surface area contributed by atoms with E-state index < -0.39 is 12.0 Å². The van der Waals surface area contributed by atoms with Crippen LogP contribution in [0.2, 0.25) is 5.02 Å². The van der Waals surface area contributed by atoms with Crippen LogP contribution in [0.4, 0.5) is 0 Å². The Bertz CT molecular complexity index is 749. The van der Waals surface area contributed by atoms with Crippen molar-refractivity contribution in [2.45, 2.75) is 12.6 Å². The molecule has 0 saturated carbocycles. The SMILES string of the molecule is COc1ccc(Cl)cc1C(C(=O)O)N1CCN(Cc2cccnc2)CC1. The molecule has 26 heavy (non-hydrogen) atoms. The molecule has 1 aliphatic rings. The second-order valence-electron chi connectivity index (χ2n) is 6.30. The van der Waals surface area contributed by atoms with E-state index in [-0.39, 0.29) is 0 Å². The van der Waals surface area contributed by atoms with Gasteiger partial charge in [0.05, 0.1) is 7.11 Å². The van der Waals surface area contributed by atoms with Gasteiger partial charge in [-0.05, 0) is 29.8 Å². The fourth-order valence-corrected chi connectivity index (χ4v) is 3.51.